The molecular weight excluding hydrogens is 148 g/mol. The molecule has 0 spiro atoms. The molecule has 0 aromatic rings. The van der Waals surface area contributed by atoms with E-state index in [1.807, 2.05) is 0 Å². The third-order valence-electron chi connectivity index (χ3n) is 4.99. The second kappa shape index (κ2) is 1.94. The number of carbonyl (C=O) groups is 1. The van der Waals surface area contributed by atoms with E-state index in [1.54, 1.807) is 0 Å². The van der Waals surface area contributed by atoms with Gasteiger partial charge in [-0.15, -0.1) is 0 Å². The van der Waals surface area contributed by atoms with Gasteiger partial charge in [-0.3, -0.25) is 0 Å². The molecule has 3 unspecified atom stereocenters. The molecule has 3 fully saturated rings. The van der Waals surface area contributed by atoms with E-state index in [2.05, 4.69) is 6.92 Å². The molecule has 0 amide bonds. The van der Waals surface area contributed by atoms with Gasteiger partial charge in [-0.2, -0.15) is 0 Å². The highest BCUT2D eigenvalue weighted by Crippen LogP contribution is 2.70. The lowest BCUT2D eigenvalue weighted by atomic mass is 9.50. The van der Waals surface area contributed by atoms with E-state index in [1.165, 1.54) is 32.0 Å². The molecule has 0 N–H and O–H groups in total. The van der Waals surface area contributed by atoms with E-state index in [9.17, 15) is 4.79 Å². The van der Waals surface area contributed by atoms with Gasteiger partial charge in [-0.05, 0) is 48.9 Å². The third kappa shape index (κ3) is 0.571. The van der Waals surface area contributed by atoms with Crippen molar-refractivity contribution in [3.05, 3.63) is 0 Å². The first kappa shape index (κ1) is 7.11. The summed E-state index contributed by atoms with van der Waals surface area (Å²) >= 11 is 0. The van der Waals surface area contributed by atoms with Gasteiger partial charge in [-0.25, -0.2) is 0 Å². The van der Waals surface area contributed by atoms with Gasteiger partial charge in [0.05, 0.1) is 0 Å². The molecule has 12 heavy (non-hydrogen) atoms. The SMILES string of the molecule is C[C@@]12CC(C=O)[C@H]1C1CCC2C1. The van der Waals surface area contributed by atoms with Crippen LogP contribution in [0.25, 0.3) is 0 Å². The smallest absolute Gasteiger partial charge is 0.123 e. The lowest BCUT2D eigenvalue weighted by molar-refractivity contribution is -0.130. The molecule has 0 aliphatic heterocycles. The summed E-state index contributed by atoms with van der Waals surface area (Å²) in [7, 11) is 0. The molecule has 3 aliphatic rings. The van der Waals surface area contributed by atoms with Crippen molar-refractivity contribution >= 4 is 6.29 Å². The number of fused-ring (bicyclic) bond motifs is 5. The first-order valence-corrected chi connectivity index (χ1v) is 5.21. The Kier molecular flexibility index (Phi) is 1.15. The number of carbonyl (C=O) groups excluding carboxylic acids is 1. The van der Waals surface area contributed by atoms with Crippen LogP contribution in [-0.2, 0) is 4.79 Å². The van der Waals surface area contributed by atoms with Gasteiger partial charge in [0, 0.05) is 5.92 Å². The minimum Gasteiger partial charge on any atom is -0.303 e. The van der Waals surface area contributed by atoms with Crippen LogP contribution >= 0.6 is 0 Å². The summed E-state index contributed by atoms with van der Waals surface area (Å²) in [6, 6.07) is 0. The van der Waals surface area contributed by atoms with Gasteiger partial charge < -0.3 is 4.79 Å². The standard InChI is InChI=1S/C11H16O/c1-11-5-8(6-12)10(11)7-2-3-9(11)4-7/h6-10H,2-5H2,1H3/t7?,8?,9?,10-,11+/m1/s1. The average molecular weight is 164 g/mol. The molecule has 66 valence electrons. The molecule has 0 aromatic heterocycles. The van der Waals surface area contributed by atoms with E-state index in [0.29, 0.717) is 11.3 Å². The van der Waals surface area contributed by atoms with E-state index in [0.717, 1.165) is 17.8 Å². The summed E-state index contributed by atoms with van der Waals surface area (Å²) in [5.41, 5.74) is 0.592. The van der Waals surface area contributed by atoms with Gasteiger partial charge in [0.15, 0.2) is 0 Å². The number of hydrogen-bond donors (Lipinski definition) is 0. The highest BCUT2D eigenvalue weighted by atomic mass is 16.1. The quantitative estimate of drug-likeness (QED) is 0.543. The zero-order chi connectivity index (χ0) is 8.34. The highest BCUT2D eigenvalue weighted by Gasteiger charge is 2.64. The van der Waals surface area contributed by atoms with Gasteiger partial charge in [0.1, 0.15) is 6.29 Å². The Morgan fingerprint density at radius 1 is 1.42 bits per heavy atom. The lowest BCUT2D eigenvalue weighted by Gasteiger charge is -2.54. The molecule has 2 bridgehead atoms. The van der Waals surface area contributed by atoms with Crippen LogP contribution in [0.1, 0.15) is 32.6 Å². The maximum Gasteiger partial charge on any atom is 0.123 e. The molecule has 0 saturated heterocycles. The molecular formula is C11H16O. The zero-order valence-electron chi connectivity index (χ0n) is 7.62. The monoisotopic (exact) mass is 164 g/mol. The Balaban J connectivity index is 1.93. The van der Waals surface area contributed by atoms with Crippen LogP contribution in [-0.4, -0.2) is 6.29 Å². The van der Waals surface area contributed by atoms with Crippen molar-refractivity contribution in [2.75, 3.05) is 0 Å². The van der Waals surface area contributed by atoms with Crippen LogP contribution in [0, 0.1) is 29.1 Å². The van der Waals surface area contributed by atoms with Crippen LogP contribution < -0.4 is 0 Å². The summed E-state index contributed by atoms with van der Waals surface area (Å²) < 4.78 is 0. The minimum absolute atomic E-state index is 0.435. The molecule has 1 heteroatoms. The van der Waals surface area contributed by atoms with Gasteiger partial charge in [0.2, 0.25) is 0 Å². The van der Waals surface area contributed by atoms with Crippen molar-refractivity contribution < 1.29 is 4.79 Å². The van der Waals surface area contributed by atoms with E-state index in [-0.39, 0.29) is 0 Å². The summed E-state index contributed by atoms with van der Waals surface area (Å²) in [6.45, 7) is 2.42. The fourth-order valence-corrected chi connectivity index (χ4v) is 4.50. The number of rotatable bonds is 1. The Morgan fingerprint density at radius 3 is 2.92 bits per heavy atom. The first-order valence-electron chi connectivity index (χ1n) is 5.21. The molecule has 0 heterocycles. The lowest BCUT2D eigenvalue weighted by Crippen LogP contribution is -2.50. The largest absolute Gasteiger partial charge is 0.303 e. The summed E-state index contributed by atoms with van der Waals surface area (Å²) in [5, 5.41) is 0. The van der Waals surface area contributed by atoms with Crippen LogP contribution in [0.3, 0.4) is 0 Å². The van der Waals surface area contributed by atoms with Crippen LogP contribution in [0.15, 0.2) is 0 Å². The Hall–Kier alpha value is -0.330. The van der Waals surface area contributed by atoms with Crippen LogP contribution in [0.2, 0.25) is 0 Å². The minimum atomic E-state index is 0.435. The fraction of sp³-hybridized carbons (Fsp3) is 0.909. The van der Waals surface area contributed by atoms with Crippen LogP contribution in [0.5, 0.6) is 0 Å². The summed E-state index contributed by atoms with van der Waals surface area (Å²) in [6.07, 6.45) is 6.71. The maximum atomic E-state index is 10.7. The van der Waals surface area contributed by atoms with E-state index in [4.69, 9.17) is 0 Å². The molecule has 0 aromatic carbocycles. The molecule has 0 radical (unpaired) electrons. The van der Waals surface area contributed by atoms with Crippen molar-refractivity contribution in [1.29, 1.82) is 0 Å². The fourth-order valence-electron chi connectivity index (χ4n) is 4.50. The Bertz CT molecular complexity index is 235. The van der Waals surface area contributed by atoms with Crippen molar-refractivity contribution in [3.63, 3.8) is 0 Å². The first-order chi connectivity index (χ1) is 5.75. The van der Waals surface area contributed by atoms with Gasteiger partial charge in [-0.1, -0.05) is 6.92 Å². The normalized spacial score (nSPS) is 61.1. The molecule has 3 saturated carbocycles. The third-order valence-corrected chi connectivity index (χ3v) is 4.99. The van der Waals surface area contributed by atoms with Crippen LogP contribution in [0.4, 0.5) is 0 Å². The average Bonchev–Trinajstić information content (AvgIpc) is 2.53. The maximum absolute atomic E-state index is 10.7. The number of hydrogen-bond acceptors (Lipinski definition) is 1. The molecule has 1 nitrogen and oxygen atoms in total. The van der Waals surface area contributed by atoms with Gasteiger partial charge >= 0.3 is 0 Å². The molecule has 5 atom stereocenters. The zero-order valence-corrected chi connectivity index (χ0v) is 7.62. The molecule has 3 aliphatic carbocycles. The predicted octanol–water partition coefficient (Wildman–Crippen LogP) is 2.26. The summed E-state index contributed by atoms with van der Waals surface area (Å²) in [4.78, 5) is 10.7. The number of aldehydes is 1. The van der Waals surface area contributed by atoms with E-state index < -0.39 is 0 Å². The predicted molar refractivity (Wildman–Crippen MR) is 46.6 cm³/mol. The Morgan fingerprint density at radius 2 is 2.25 bits per heavy atom. The Labute approximate surface area is 73.5 Å². The van der Waals surface area contributed by atoms with Crippen molar-refractivity contribution in [3.8, 4) is 0 Å². The second-order valence-corrected chi connectivity index (χ2v) is 5.31. The van der Waals surface area contributed by atoms with Crippen molar-refractivity contribution in [1.82, 2.24) is 0 Å². The summed E-state index contributed by atoms with van der Waals surface area (Å²) in [5.74, 6) is 3.12. The van der Waals surface area contributed by atoms with Crippen molar-refractivity contribution in [2.45, 2.75) is 32.6 Å². The highest BCUT2D eigenvalue weighted by molar-refractivity contribution is 5.57. The second-order valence-electron chi connectivity index (χ2n) is 5.31. The topological polar surface area (TPSA) is 17.1 Å². The van der Waals surface area contributed by atoms with Crippen molar-refractivity contribution in [2.24, 2.45) is 29.1 Å². The van der Waals surface area contributed by atoms with E-state index >= 15 is 0 Å². The molecule has 3 rings (SSSR count). The van der Waals surface area contributed by atoms with Gasteiger partial charge in [0.25, 0.3) is 0 Å².